The van der Waals surface area contributed by atoms with Crippen LogP contribution in [-0.2, 0) is 0 Å². The van der Waals surface area contributed by atoms with E-state index in [4.69, 9.17) is 5.11 Å². The minimum atomic E-state index is -0.150. The molecule has 0 aliphatic carbocycles. The summed E-state index contributed by atoms with van der Waals surface area (Å²) in [4.78, 5) is 0. The van der Waals surface area contributed by atoms with Crippen LogP contribution in [0.15, 0.2) is 0 Å². The summed E-state index contributed by atoms with van der Waals surface area (Å²) in [5, 5.41) is 9.30. The van der Waals surface area contributed by atoms with E-state index in [1.54, 1.807) is 0 Å². The summed E-state index contributed by atoms with van der Waals surface area (Å²) in [5.74, 6) is 0. The average Bonchev–Trinajstić information content (AvgIpc) is 1.65. The first-order valence-electron chi connectivity index (χ1n) is 3.03. The molecule has 8 heavy (non-hydrogen) atoms. The summed E-state index contributed by atoms with van der Waals surface area (Å²) in [6.07, 6.45) is 1.49. The highest BCUT2D eigenvalue weighted by Gasteiger charge is 2.02. The monoisotopic (exact) mass is 134 g/mol. The molecule has 0 radical (unpaired) electrons. The summed E-state index contributed by atoms with van der Waals surface area (Å²) in [6, 6.07) is 0. The van der Waals surface area contributed by atoms with Gasteiger partial charge in [-0.25, -0.2) is 0 Å². The van der Waals surface area contributed by atoms with E-state index in [0.29, 0.717) is 5.25 Å². The molecule has 0 aliphatic rings. The van der Waals surface area contributed by atoms with Gasteiger partial charge in [0, 0.05) is 5.25 Å². The summed E-state index contributed by atoms with van der Waals surface area (Å²) in [6.45, 7) is 3.96. The molecule has 0 spiro atoms. The fraction of sp³-hybridized carbons (Fsp3) is 1.00. The van der Waals surface area contributed by atoms with Crippen molar-refractivity contribution >= 4 is 12.6 Å². The van der Waals surface area contributed by atoms with Gasteiger partial charge in [0.25, 0.3) is 0 Å². The fourth-order valence-corrected chi connectivity index (χ4v) is 0.804. The quantitative estimate of drug-likeness (QED) is 0.560. The van der Waals surface area contributed by atoms with Crippen LogP contribution in [0.1, 0.15) is 26.7 Å². The molecule has 0 amide bonds. The maximum Gasteiger partial charge on any atom is 0.0548 e. The molecule has 0 fully saturated rings. The first-order valence-corrected chi connectivity index (χ1v) is 3.54. The Morgan fingerprint density at radius 2 is 2.12 bits per heavy atom. The van der Waals surface area contributed by atoms with Crippen molar-refractivity contribution in [2.45, 2.75) is 38.0 Å². The van der Waals surface area contributed by atoms with Gasteiger partial charge in [-0.1, -0.05) is 13.8 Å². The summed E-state index contributed by atoms with van der Waals surface area (Å²) >= 11 is 4.13. The topological polar surface area (TPSA) is 20.2 Å². The summed E-state index contributed by atoms with van der Waals surface area (Å²) in [7, 11) is 0. The maximum atomic E-state index is 8.98. The summed E-state index contributed by atoms with van der Waals surface area (Å²) < 4.78 is 0. The molecule has 0 heterocycles. The van der Waals surface area contributed by atoms with Crippen molar-refractivity contribution in [3.63, 3.8) is 0 Å². The molecule has 2 atom stereocenters. The Labute approximate surface area is 56.5 Å². The predicted molar refractivity (Wildman–Crippen MR) is 39.4 cm³/mol. The van der Waals surface area contributed by atoms with Gasteiger partial charge in [-0.3, -0.25) is 0 Å². The molecule has 0 aliphatic heterocycles. The maximum absolute atomic E-state index is 8.98. The number of rotatable bonds is 3. The zero-order chi connectivity index (χ0) is 6.57. The molecule has 0 saturated heterocycles. The standard InChI is InChI=1S/C6H14OS/c1-3-6(7)4-5(2)8/h5-8H,3-4H2,1-2H3/t5-,6-/m0/s1. The van der Waals surface area contributed by atoms with E-state index in [0.717, 1.165) is 12.8 Å². The molecule has 0 aromatic heterocycles. The van der Waals surface area contributed by atoms with Gasteiger partial charge in [0.05, 0.1) is 6.10 Å². The highest BCUT2D eigenvalue weighted by Crippen LogP contribution is 2.05. The highest BCUT2D eigenvalue weighted by atomic mass is 32.1. The third-order valence-corrected chi connectivity index (χ3v) is 1.30. The van der Waals surface area contributed by atoms with Crippen molar-refractivity contribution in [3.8, 4) is 0 Å². The van der Waals surface area contributed by atoms with E-state index >= 15 is 0 Å². The van der Waals surface area contributed by atoms with Gasteiger partial charge in [-0.2, -0.15) is 12.6 Å². The van der Waals surface area contributed by atoms with E-state index in [-0.39, 0.29) is 6.10 Å². The number of aliphatic hydroxyl groups is 1. The first-order chi connectivity index (χ1) is 3.66. The van der Waals surface area contributed by atoms with Crippen LogP contribution in [0.4, 0.5) is 0 Å². The van der Waals surface area contributed by atoms with Crippen molar-refractivity contribution in [1.29, 1.82) is 0 Å². The van der Waals surface area contributed by atoms with Crippen molar-refractivity contribution in [1.82, 2.24) is 0 Å². The van der Waals surface area contributed by atoms with Gasteiger partial charge in [0.1, 0.15) is 0 Å². The molecule has 50 valence electrons. The second kappa shape index (κ2) is 4.21. The number of thiol groups is 1. The molecular formula is C6H14OS. The van der Waals surface area contributed by atoms with Crippen molar-refractivity contribution < 1.29 is 5.11 Å². The van der Waals surface area contributed by atoms with E-state index in [1.165, 1.54) is 0 Å². The van der Waals surface area contributed by atoms with Gasteiger partial charge in [-0.15, -0.1) is 0 Å². The zero-order valence-electron chi connectivity index (χ0n) is 5.46. The Balaban J connectivity index is 3.10. The van der Waals surface area contributed by atoms with Gasteiger partial charge in [0.2, 0.25) is 0 Å². The molecule has 0 bridgehead atoms. The minimum absolute atomic E-state index is 0.150. The van der Waals surface area contributed by atoms with Crippen molar-refractivity contribution in [3.05, 3.63) is 0 Å². The van der Waals surface area contributed by atoms with Crippen LogP contribution < -0.4 is 0 Å². The largest absolute Gasteiger partial charge is 0.393 e. The molecule has 0 saturated carbocycles. The van der Waals surface area contributed by atoms with Crippen molar-refractivity contribution in [2.75, 3.05) is 0 Å². The Hall–Kier alpha value is 0.310. The first kappa shape index (κ1) is 8.31. The molecule has 0 rings (SSSR count). The lowest BCUT2D eigenvalue weighted by molar-refractivity contribution is 0.161. The predicted octanol–water partition coefficient (Wildman–Crippen LogP) is 1.47. The van der Waals surface area contributed by atoms with Crippen LogP contribution in [0.3, 0.4) is 0 Å². The Morgan fingerprint density at radius 1 is 1.62 bits per heavy atom. The van der Waals surface area contributed by atoms with Crippen LogP contribution >= 0.6 is 12.6 Å². The molecule has 2 heteroatoms. The van der Waals surface area contributed by atoms with Crippen LogP contribution in [0.5, 0.6) is 0 Å². The molecule has 1 nitrogen and oxygen atoms in total. The second-order valence-electron chi connectivity index (χ2n) is 2.15. The average molecular weight is 134 g/mol. The van der Waals surface area contributed by atoms with Crippen LogP contribution in [-0.4, -0.2) is 16.5 Å². The van der Waals surface area contributed by atoms with E-state index < -0.39 is 0 Å². The third kappa shape index (κ3) is 4.47. The van der Waals surface area contributed by atoms with E-state index in [1.807, 2.05) is 13.8 Å². The minimum Gasteiger partial charge on any atom is -0.393 e. The second-order valence-corrected chi connectivity index (χ2v) is 3.03. The van der Waals surface area contributed by atoms with Crippen LogP contribution in [0.25, 0.3) is 0 Å². The third-order valence-electron chi connectivity index (χ3n) is 1.08. The Morgan fingerprint density at radius 3 is 2.25 bits per heavy atom. The highest BCUT2D eigenvalue weighted by molar-refractivity contribution is 7.80. The Bertz CT molecular complexity index is 54.5. The normalized spacial score (nSPS) is 18.0. The molecule has 0 unspecified atom stereocenters. The molecule has 1 N–H and O–H groups in total. The SMILES string of the molecule is CC[C@H](O)C[C@H](C)S. The summed E-state index contributed by atoms with van der Waals surface area (Å²) in [5.41, 5.74) is 0. The molecule has 0 aromatic carbocycles. The zero-order valence-corrected chi connectivity index (χ0v) is 6.36. The number of hydrogen-bond acceptors (Lipinski definition) is 2. The van der Waals surface area contributed by atoms with Gasteiger partial charge in [0.15, 0.2) is 0 Å². The lowest BCUT2D eigenvalue weighted by Gasteiger charge is -2.08. The van der Waals surface area contributed by atoms with Gasteiger partial charge in [-0.05, 0) is 12.8 Å². The number of aliphatic hydroxyl groups excluding tert-OH is 1. The fourth-order valence-electron chi connectivity index (χ4n) is 0.560. The lowest BCUT2D eigenvalue weighted by atomic mass is 10.2. The lowest BCUT2D eigenvalue weighted by Crippen LogP contribution is -2.09. The van der Waals surface area contributed by atoms with Crippen molar-refractivity contribution in [2.24, 2.45) is 0 Å². The molecule has 0 aromatic rings. The van der Waals surface area contributed by atoms with Gasteiger partial charge < -0.3 is 5.11 Å². The van der Waals surface area contributed by atoms with Crippen LogP contribution in [0.2, 0.25) is 0 Å². The molecular weight excluding hydrogens is 120 g/mol. The van der Waals surface area contributed by atoms with E-state index in [9.17, 15) is 0 Å². The number of hydrogen-bond donors (Lipinski definition) is 2. The smallest absolute Gasteiger partial charge is 0.0548 e. The van der Waals surface area contributed by atoms with Crippen LogP contribution in [0, 0.1) is 0 Å². The van der Waals surface area contributed by atoms with Gasteiger partial charge >= 0.3 is 0 Å². The van der Waals surface area contributed by atoms with E-state index in [2.05, 4.69) is 12.6 Å². The Kier molecular flexibility index (Phi) is 4.38.